The summed E-state index contributed by atoms with van der Waals surface area (Å²) in [6.45, 7) is 7.36. The second-order valence-electron chi connectivity index (χ2n) is 1.85. The first kappa shape index (κ1) is 9.18. The molecule has 50 valence electrons. The molecule has 0 fully saturated rings. The molecule has 0 amide bonds. The van der Waals surface area contributed by atoms with Crippen molar-refractivity contribution >= 4 is 23.4 Å². The molecule has 0 aromatic rings. The first-order valence-corrected chi connectivity index (χ1v) is 6.26. The molecule has 0 heterocycles. The van der Waals surface area contributed by atoms with Crippen LogP contribution < -0.4 is 0 Å². The van der Waals surface area contributed by atoms with E-state index in [0.717, 1.165) is 26.5 Å². The Labute approximate surface area is 67.4 Å². The van der Waals surface area contributed by atoms with Crippen LogP contribution in [0.15, 0.2) is 25.3 Å². The Kier molecular flexibility index (Phi) is 6.42. The molecule has 0 unspecified atom stereocenters. The van der Waals surface area contributed by atoms with Crippen molar-refractivity contribution in [1.82, 2.24) is 0 Å². The van der Waals surface area contributed by atoms with Gasteiger partial charge in [-0.2, -0.15) is 0 Å². The van der Waals surface area contributed by atoms with Crippen LogP contribution in [-0.4, -0.2) is 8.14 Å². The Bertz CT molecular complexity index is 80.9. The summed E-state index contributed by atoms with van der Waals surface area (Å²) in [6.07, 6.45) is 6.11. The van der Waals surface area contributed by atoms with Gasteiger partial charge in [0, 0.05) is 0 Å². The summed E-state index contributed by atoms with van der Waals surface area (Å²) in [5, 5.41) is 0. The van der Waals surface area contributed by atoms with E-state index in [9.17, 15) is 0 Å². The third-order valence-corrected chi connectivity index (χ3v) is 3.78. The topological polar surface area (TPSA) is 0 Å². The molecule has 0 rings (SSSR count). The third-order valence-electron chi connectivity index (χ3n) is 1.06. The molecule has 0 spiro atoms. The van der Waals surface area contributed by atoms with E-state index in [2.05, 4.69) is 28.5 Å². The summed E-state index contributed by atoms with van der Waals surface area (Å²) in [6, 6.07) is 0. The van der Waals surface area contributed by atoms with Crippen LogP contribution in [0.25, 0.3) is 0 Å². The van der Waals surface area contributed by atoms with Crippen molar-refractivity contribution in [2.45, 2.75) is 18.4 Å². The summed E-state index contributed by atoms with van der Waals surface area (Å²) in [5.41, 5.74) is 0.722. The summed E-state index contributed by atoms with van der Waals surface area (Å²) in [4.78, 5) is 0. The van der Waals surface area contributed by atoms with Crippen LogP contribution in [0.1, 0.15) is 12.8 Å². The predicted molar refractivity (Wildman–Crippen MR) is 48.1 cm³/mol. The summed E-state index contributed by atoms with van der Waals surface area (Å²) in [7, 11) is 0.833. The zero-order valence-corrected chi connectivity index (χ0v) is 8.02. The van der Waals surface area contributed by atoms with Crippen LogP contribution in [0.5, 0.6) is 0 Å². The van der Waals surface area contributed by atoms with Crippen molar-refractivity contribution in [3.8, 4) is 0 Å². The van der Waals surface area contributed by atoms with Gasteiger partial charge in [0.15, 0.2) is 0 Å². The molecular weight excluding hydrogens is 192 g/mol. The van der Waals surface area contributed by atoms with E-state index in [1.807, 2.05) is 12.2 Å². The van der Waals surface area contributed by atoms with Gasteiger partial charge in [0.25, 0.3) is 0 Å². The van der Waals surface area contributed by atoms with E-state index >= 15 is 0 Å². The fourth-order valence-corrected chi connectivity index (χ4v) is 2.22. The SMILES string of the molecule is C=CCC(CC=C)[Si]Br. The van der Waals surface area contributed by atoms with Crippen LogP contribution in [0.4, 0.5) is 0 Å². The molecule has 0 aromatic heterocycles. The first-order valence-electron chi connectivity index (χ1n) is 2.93. The molecule has 0 saturated heterocycles. The fourth-order valence-electron chi connectivity index (χ4n) is 0.588. The van der Waals surface area contributed by atoms with Gasteiger partial charge in [0.05, 0.1) is 0 Å². The summed E-state index contributed by atoms with van der Waals surface area (Å²) in [5.74, 6) is 0. The molecule has 0 aliphatic rings. The lowest BCUT2D eigenvalue weighted by Crippen LogP contribution is -1.93. The lowest BCUT2D eigenvalue weighted by atomic mass is 10.2. The second-order valence-corrected chi connectivity index (χ2v) is 4.26. The van der Waals surface area contributed by atoms with Crippen LogP contribution >= 0.6 is 15.3 Å². The van der Waals surface area contributed by atoms with Crippen LogP contribution in [0, 0.1) is 0 Å². The van der Waals surface area contributed by atoms with Crippen molar-refractivity contribution in [3.05, 3.63) is 25.3 Å². The Morgan fingerprint density at radius 3 is 2.00 bits per heavy atom. The van der Waals surface area contributed by atoms with Crippen LogP contribution in [-0.2, 0) is 0 Å². The second kappa shape index (κ2) is 6.30. The van der Waals surface area contributed by atoms with E-state index < -0.39 is 0 Å². The van der Waals surface area contributed by atoms with E-state index in [1.165, 1.54) is 0 Å². The highest BCUT2D eigenvalue weighted by atomic mass is 79.9. The van der Waals surface area contributed by atoms with Crippen molar-refractivity contribution in [2.24, 2.45) is 0 Å². The highest BCUT2D eigenvalue weighted by molar-refractivity contribution is 9.23. The smallest absolute Gasteiger partial charge is 0.131 e. The molecule has 0 saturated carbocycles. The van der Waals surface area contributed by atoms with Gasteiger partial charge in [-0.3, -0.25) is 0 Å². The molecule has 9 heavy (non-hydrogen) atoms. The number of hydrogen-bond donors (Lipinski definition) is 0. The molecule has 0 aliphatic carbocycles. The fraction of sp³-hybridized carbons (Fsp3) is 0.429. The van der Waals surface area contributed by atoms with E-state index in [4.69, 9.17) is 0 Å². The highest BCUT2D eigenvalue weighted by Gasteiger charge is 2.01. The van der Waals surface area contributed by atoms with Gasteiger partial charge in [-0.25, -0.2) is 0 Å². The van der Waals surface area contributed by atoms with Gasteiger partial charge in [0.2, 0.25) is 0 Å². The van der Waals surface area contributed by atoms with E-state index in [-0.39, 0.29) is 0 Å². The Balaban J connectivity index is 3.39. The first-order chi connectivity index (χ1) is 4.35. The monoisotopic (exact) mass is 202 g/mol. The average molecular weight is 203 g/mol. The minimum atomic E-state index is 0.722. The molecule has 0 aliphatic heterocycles. The molecule has 0 atom stereocenters. The normalized spacial score (nSPS) is 9.56. The maximum atomic E-state index is 3.68. The zero-order chi connectivity index (χ0) is 7.11. The highest BCUT2D eigenvalue weighted by Crippen LogP contribution is 2.16. The Hall–Kier alpha value is 0.177. The maximum absolute atomic E-state index is 3.68. The molecule has 0 aromatic carbocycles. The molecule has 2 radical (unpaired) electrons. The van der Waals surface area contributed by atoms with Crippen molar-refractivity contribution in [1.29, 1.82) is 0 Å². The Morgan fingerprint density at radius 2 is 1.78 bits per heavy atom. The molecule has 0 nitrogen and oxygen atoms in total. The maximum Gasteiger partial charge on any atom is 0.141 e. The van der Waals surface area contributed by atoms with Crippen molar-refractivity contribution < 1.29 is 0 Å². The number of allylic oxidation sites excluding steroid dienone is 2. The largest absolute Gasteiger partial charge is 0.141 e. The Morgan fingerprint density at radius 1 is 1.33 bits per heavy atom. The van der Waals surface area contributed by atoms with Gasteiger partial charge < -0.3 is 0 Å². The van der Waals surface area contributed by atoms with Gasteiger partial charge in [0.1, 0.15) is 8.14 Å². The number of halogens is 1. The lowest BCUT2D eigenvalue weighted by molar-refractivity contribution is 0.864. The lowest BCUT2D eigenvalue weighted by Gasteiger charge is -2.04. The quantitative estimate of drug-likeness (QED) is 0.366. The van der Waals surface area contributed by atoms with Crippen LogP contribution in [0.3, 0.4) is 0 Å². The van der Waals surface area contributed by atoms with Gasteiger partial charge in [-0.1, -0.05) is 12.2 Å². The zero-order valence-electron chi connectivity index (χ0n) is 5.44. The molecule has 0 bridgehead atoms. The minimum absolute atomic E-state index is 0.722. The predicted octanol–water partition coefficient (Wildman–Crippen LogP) is 2.94. The summed E-state index contributed by atoms with van der Waals surface area (Å²) >= 11 is 3.45. The summed E-state index contributed by atoms with van der Waals surface area (Å²) < 4.78 is 0. The average Bonchev–Trinajstić information content (AvgIpc) is 1.88. The number of rotatable bonds is 5. The van der Waals surface area contributed by atoms with E-state index in [1.54, 1.807) is 0 Å². The van der Waals surface area contributed by atoms with Crippen molar-refractivity contribution in [2.75, 3.05) is 0 Å². The van der Waals surface area contributed by atoms with Crippen molar-refractivity contribution in [3.63, 3.8) is 0 Å². The van der Waals surface area contributed by atoms with Gasteiger partial charge in [-0.15, -0.1) is 28.5 Å². The third kappa shape index (κ3) is 4.67. The molecule has 0 N–H and O–H groups in total. The standard InChI is InChI=1S/C7H11BrSi/c1-3-5-7(9-8)6-4-2/h3-4,7H,1-2,5-6H2. The van der Waals surface area contributed by atoms with Gasteiger partial charge in [-0.05, 0) is 18.4 Å². The van der Waals surface area contributed by atoms with E-state index in [0.29, 0.717) is 0 Å². The molecular formula is C7H11BrSi. The number of hydrogen-bond acceptors (Lipinski definition) is 0. The van der Waals surface area contributed by atoms with Crippen LogP contribution in [0.2, 0.25) is 5.54 Å². The molecule has 2 heteroatoms. The van der Waals surface area contributed by atoms with Gasteiger partial charge >= 0.3 is 0 Å². The minimum Gasteiger partial charge on any atom is -0.131 e.